The zero-order valence-corrected chi connectivity index (χ0v) is 15.3. The van der Waals surface area contributed by atoms with E-state index in [2.05, 4.69) is 15.0 Å². The molecule has 3 heterocycles. The van der Waals surface area contributed by atoms with Gasteiger partial charge in [-0.3, -0.25) is 4.90 Å². The first-order chi connectivity index (χ1) is 13.2. The SMILES string of the molecule is Cc1nn(-c2cccc(F)c2)cc1-c1ccnc(CCN2CCOCC2)n1. The lowest BCUT2D eigenvalue weighted by atomic mass is 10.2. The number of benzene rings is 1. The van der Waals surface area contributed by atoms with E-state index in [4.69, 9.17) is 9.72 Å². The molecule has 0 saturated carbocycles. The first-order valence-corrected chi connectivity index (χ1v) is 9.14. The maximum Gasteiger partial charge on any atom is 0.130 e. The van der Waals surface area contributed by atoms with Gasteiger partial charge in [0.1, 0.15) is 11.6 Å². The fraction of sp³-hybridized carbons (Fsp3) is 0.350. The molecule has 0 N–H and O–H groups in total. The molecule has 2 aromatic heterocycles. The second-order valence-corrected chi connectivity index (χ2v) is 6.61. The summed E-state index contributed by atoms with van der Waals surface area (Å²) in [5.41, 5.74) is 3.29. The summed E-state index contributed by atoms with van der Waals surface area (Å²) in [5, 5.41) is 4.51. The lowest BCUT2D eigenvalue weighted by molar-refractivity contribution is 0.0382. The Kier molecular flexibility index (Phi) is 5.22. The Labute approximate surface area is 157 Å². The van der Waals surface area contributed by atoms with E-state index in [0.29, 0.717) is 5.69 Å². The standard InChI is InChI=1S/C20H22FN5O/c1-15-18(14-26(24-15)17-4-2-3-16(21)13-17)19-5-7-22-20(23-19)6-8-25-9-11-27-12-10-25/h2-5,7,13-14H,6,8-12H2,1H3. The van der Waals surface area contributed by atoms with E-state index in [1.165, 1.54) is 12.1 Å². The van der Waals surface area contributed by atoms with Gasteiger partial charge in [-0.2, -0.15) is 5.10 Å². The van der Waals surface area contributed by atoms with E-state index in [9.17, 15) is 4.39 Å². The molecule has 1 saturated heterocycles. The van der Waals surface area contributed by atoms with Crippen LogP contribution in [0.3, 0.4) is 0 Å². The summed E-state index contributed by atoms with van der Waals surface area (Å²) < 4.78 is 20.6. The van der Waals surface area contributed by atoms with Crippen LogP contribution in [-0.2, 0) is 11.2 Å². The number of nitrogens with zero attached hydrogens (tertiary/aromatic N) is 5. The van der Waals surface area contributed by atoms with Crippen LogP contribution < -0.4 is 0 Å². The van der Waals surface area contributed by atoms with Crippen molar-refractivity contribution in [1.82, 2.24) is 24.6 Å². The molecule has 3 aromatic rings. The number of hydrogen-bond acceptors (Lipinski definition) is 5. The number of morpholine rings is 1. The first-order valence-electron chi connectivity index (χ1n) is 9.14. The highest BCUT2D eigenvalue weighted by atomic mass is 19.1. The lowest BCUT2D eigenvalue weighted by Gasteiger charge is -2.26. The summed E-state index contributed by atoms with van der Waals surface area (Å²) in [6.07, 6.45) is 4.47. The zero-order chi connectivity index (χ0) is 18.6. The maximum absolute atomic E-state index is 13.5. The van der Waals surface area contributed by atoms with Gasteiger partial charge >= 0.3 is 0 Å². The number of ether oxygens (including phenoxy) is 1. The average Bonchev–Trinajstić information content (AvgIpc) is 3.09. The van der Waals surface area contributed by atoms with Gasteiger partial charge in [-0.15, -0.1) is 0 Å². The number of aryl methyl sites for hydroxylation is 1. The van der Waals surface area contributed by atoms with Crippen molar-refractivity contribution in [3.63, 3.8) is 0 Å². The van der Waals surface area contributed by atoms with Crippen molar-refractivity contribution in [2.24, 2.45) is 0 Å². The molecule has 1 aromatic carbocycles. The average molecular weight is 367 g/mol. The zero-order valence-electron chi connectivity index (χ0n) is 15.3. The van der Waals surface area contributed by atoms with Crippen molar-refractivity contribution in [3.8, 4) is 16.9 Å². The van der Waals surface area contributed by atoms with E-state index < -0.39 is 0 Å². The molecule has 0 amide bonds. The van der Waals surface area contributed by atoms with Crippen LogP contribution in [0.1, 0.15) is 11.5 Å². The number of rotatable bonds is 5. The third kappa shape index (κ3) is 4.20. The molecule has 140 valence electrons. The summed E-state index contributed by atoms with van der Waals surface area (Å²) >= 11 is 0. The quantitative estimate of drug-likeness (QED) is 0.694. The molecule has 0 radical (unpaired) electrons. The predicted molar refractivity (Wildman–Crippen MR) is 100 cm³/mol. The van der Waals surface area contributed by atoms with E-state index in [1.807, 2.05) is 25.3 Å². The minimum absolute atomic E-state index is 0.283. The molecule has 1 aliphatic rings. The molecule has 27 heavy (non-hydrogen) atoms. The van der Waals surface area contributed by atoms with Crippen LogP contribution in [0.2, 0.25) is 0 Å². The van der Waals surface area contributed by atoms with Gasteiger partial charge < -0.3 is 4.74 Å². The Morgan fingerprint density at radius 1 is 1.19 bits per heavy atom. The summed E-state index contributed by atoms with van der Waals surface area (Å²) in [5.74, 6) is 0.534. The molecular weight excluding hydrogens is 345 g/mol. The van der Waals surface area contributed by atoms with E-state index >= 15 is 0 Å². The maximum atomic E-state index is 13.5. The number of halogens is 1. The highest BCUT2D eigenvalue weighted by Crippen LogP contribution is 2.22. The Bertz CT molecular complexity index is 920. The highest BCUT2D eigenvalue weighted by molar-refractivity contribution is 5.61. The van der Waals surface area contributed by atoms with Gasteiger partial charge in [0.15, 0.2) is 0 Å². The minimum atomic E-state index is -0.283. The van der Waals surface area contributed by atoms with Crippen molar-refractivity contribution < 1.29 is 9.13 Å². The van der Waals surface area contributed by atoms with Gasteiger partial charge in [0.05, 0.1) is 30.3 Å². The van der Waals surface area contributed by atoms with Crippen LogP contribution in [0.25, 0.3) is 16.9 Å². The van der Waals surface area contributed by atoms with E-state index in [-0.39, 0.29) is 5.82 Å². The molecule has 0 spiro atoms. The normalized spacial score (nSPS) is 15.2. The van der Waals surface area contributed by atoms with Crippen LogP contribution >= 0.6 is 0 Å². The van der Waals surface area contributed by atoms with E-state index in [0.717, 1.165) is 62.0 Å². The lowest BCUT2D eigenvalue weighted by Crippen LogP contribution is -2.37. The van der Waals surface area contributed by atoms with Gasteiger partial charge in [0.2, 0.25) is 0 Å². The third-order valence-corrected chi connectivity index (χ3v) is 4.71. The van der Waals surface area contributed by atoms with Crippen molar-refractivity contribution in [3.05, 3.63) is 60.1 Å². The monoisotopic (exact) mass is 367 g/mol. The second kappa shape index (κ2) is 7.94. The van der Waals surface area contributed by atoms with Crippen LogP contribution in [0.5, 0.6) is 0 Å². The molecule has 0 aliphatic carbocycles. The summed E-state index contributed by atoms with van der Waals surface area (Å²) in [6.45, 7) is 6.35. The molecule has 4 rings (SSSR count). The number of aromatic nitrogens is 4. The summed E-state index contributed by atoms with van der Waals surface area (Å²) in [7, 11) is 0. The van der Waals surface area contributed by atoms with Gasteiger partial charge in [-0.05, 0) is 31.2 Å². The minimum Gasteiger partial charge on any atom is -0.379 e. The van der Waals surface area contributed by atoms with Crippen LogP contribution in [0, 0.1) is 12.7 Å². The second-order valence-electron chi connectivity index (χ2n) is 6.61. The molecule has 7 heteroatoms. The molecular formula is C20H22FN5O. The van der Waals surface area contributed by atoms with Crippen molar-refractivity contribution in [1.29, 1.82) is 0 Å². The highest BCUT2D eigenvalue weighted by Gasteiger charge is 2.13. The molecule has 6 nitrogen and oxygen atoms in total. The summed E-state index contributed by atoms with van der Waals surface area (Å²) in [6, 6.07) is 8.27. The van der Waals surface area contributed by atoms with Gasteiger partial charge in [0, 0.05) is 44.0 Å². The Morgan fingerprint density at radius 3 is 2.85 bits per heavy atom. The largest absolute Gasteiger partial charge is 0.379 e. The Balaban J connectivity index is 1.53. The summed E-state index contributed by atoms with van der Waals surface area (Å²) in [4.78, 5) is 11.5. The predicted octanol–water partition coefficient (Wildman–Crippen LogP) is 2.65. The van der Waals surface area contributed by atoms with Gasteiger partial charge in [0.25, 0.3) is 0 Å². The molecule has 0 unspecified atom stereocenters. The van der Waals surface area contributed by atoms with E-state index in [1.54, 1.807) is 16.9 Å². The fourth-order valence-electron chi connectivity index (χ4n) is 3.21. The van der Waals surface area contributed by atoms with Crippen LogP contribution in [0.15, 0.2) is 42.7 Å². The molecule has 1 aliphatic heterocycles. The van der Waals surface area contributed by atoms with Gasteiger partial charge in [-0.25, -0.2) is 19.0 Å². The molecule has 0 atom stereocenters. The Morgan fingerprint density at radius 2 is 2.04 bits per heavy atom. The fourth-order valence-corrected chi connectivity index (χ4v) is 3.21. The first kappa shape index (κ1) is 17.8. The smallest absolute Gasteiger partial charge is 0.130 e. The topological polar surface area (TPSA) is 56.1 Å². The number of hydrogen-bond donors (Lipinski definition) is 0. The molecule has 0 bridgehead atoms. The third-order valence-electron chi connectivity index (χ3n) is 4.71. The van der Waals surface area contributed by atoms with Crippen molar-refractivity contribution in [2.45, 2.75) is 13.3 Å². The Hall–Kier alpha value is -2.64. The molecule has 1 fully saturated rings. The van der Waals surface area contributed by atoms with Crippen molar-refractivity contribution in [2.75, 3.05) is 32.8 Å². The van der Waals surface area contributed by atoms with Crippen LogP contribution in [0.4, 0.5) is 4.39 Å². The van der Waals surface area contributed by atoms with Gasteiger partial charge in [-0.1, -0.05) is 6.07 Å². The van der Waals surface area contributed by atoms with Crippen molar-refractivity contribution >= 4 is 0 Å². The van der Waals surface area contributed by atoms with Crippen LogP contribution in [-0.4, -0.2) is 57.5 Å².